The van der Waals surface area contributed by atoms with E-state index < -0.39 is 17.8 Å². The van der Waals surface area contributed by atoms with E-state index in [1.807, 2.05) is 45.9 Å². The van der Waals surface area contributed by atoms with E-state index in [9.17, 15) is 5.11 Å². The number of benzene rings is 1. The fourth-order valence-electron chi connectivity index (χ4n) is 4.78. The highest BCUT2D eigenvalue weighted by Crippen LogP contribution is 2.34. The van der Waals surface area contributed by atoms with Gasteiger partial charge in [-0.15, -0.1) is 35.0 Å². The average molecular weight is 535 g/mol. The molecule has 2 atom stereocenters. The van der Waals surface area contributed by atoms with E-state index in [4.69, 9.17) is 0 Å². The lowest BCUT2D eigenvalue weighted by atomic mass is 9.78. The highest BCUT2D eigenvalue weighted by molar-refractivity contribution is 5.85. The van der Waals surface area contributed by atoms with Crippen molar-refractivity contribution in [3.63, 3.8) is 0 Å². The van der Waals surface area contributed by atoms with Crippen molar-refractivity contribution in [1.82, 2.24) is 35.1 Å². The summed E-state index contributed by atoms with van der Waals surface area (Å²) >= 11 is 0. The van der Waals surface area contributed by atoms with Crippen LogP contribution in [0.2, 0.25) is 0 Å². The first-order valence-corrected chi connectivity index (χ1v) is 11.2. The van der Waals surface area contributed by atoms with E-state index in [2.05, 4.69) is 35.9 Å². The zero-order chi connectivity index (χ0) is 24.1. The molecule has 0 spiro atoms. The number of hydrogen-bond donors (Lipinski definition) is 3. The molecule has 1 aliphatic rings. The number of piperidine rings is 1. The smallest absolute Gasteiger partial charge is 0.243 e. The normalized spacial score (nSPS) is 20.2. The van der Waals surface area contributed by atoms with Crippen molar-refractivity contribution in [3.05, 3.63) is 48.9 Å². The Morgan fingerprint density at radius 1 is 1.06 bits per heavy atom. The van der Waals surface area contributed by atoms with Gasteiger partial charge in [-0.1, -0.05) is 6.07 Å². The van der Waals surface area contributed by atoms with Crippen LogP contribution in [0.1, 0.15) is 34.1 Å². The fourth-order valence-corrected chi connectivity index (χ4v) is 4.78. The number of phenolic OH excluding ortho intramolecular Hbond substituents is 1. The molecule has 1 aromatic carbocycles. The van der Waals surface area contributed by atoms with Gasteiger partial charge in [-0.3, -0.25) is 0 Å². The van der Waals surface area contributed by atoms with Crippen LogP contribution < -0.4 is 10.6 Å². The molecule has 4 aromatic rings. The van der Waals surface area contributed by atoms with E-state index in [1.54, 1.807) is 29.0 Å². The van der Waals surface area contributed by atoms with Crippen LogP contribution in [0.5, 0.6) is 5.75 Å². The van der Waals surface area contributed by atoms with E-state index in [0.717, 1.165) is 11.2 Å². The molecule has 9 nitrogen and oxygen atoms in total. The van der Waals surface area contributed by atoms with Crippen molar-refractivity contribution < 1.29 is 9.50 Å². The van der Waals surface area contributed by atoms with Crippen molar-refractivity contribution in [2.45, 2.75) is 57.4 Å². The van der Waals surface area contributed by atoms with E-state index >= 15 is 4.39 Å². The van der Waals surface area contributed by atoms with Crippen LogP contribution in [-0.4, -0.2) is 58.2 Å². The molecule has 3 N–H and O–H groups in total. The number of alkyl halides is 1. The summed E-state index contributed by atoms with van der Waals surface area (Å²) in [5.74, 6) is 0.284. The molecule has 1 fully saturated rings. The number of anilines is 1. The number of hydrogen-bond acceptors (Lipinski definition) is 8. The van der Waals surface area contributed by atoms with Gasteiger partial charge < -0.3 is 15.7 Å². The predicted octanol–water partition coefficient (Wildman–Crippen LogP) is 4.47. The van der Waals surface area contributed by atoms with E-state index in [-0.39, 0.29) is 42.1 Å². The SMILES string of the molecule is CC1(C)C[C@H](Nc2ncc(-c3ccc(-c4ccc5nccn5n4)cc3O)nn2)[C@H](F)C(C)(C)N1.Cl.Cl. The molecule has 1 aliphatic heterocycles. The maximum Gasteiger partial charge on any atom is 0.243 e. The minimum atomic E-state index is -1.13. The maximum absolute atomic E-state index is 15.1. The van der Waals surface area contributed by atoms with Gasteiger partial charge in [0, 0.05) is 34.6 Å². The highest BCUT2D eigenvalue weighted by atomic mass is 35.5. The lowest BCUT2D eigenvalue weighted by molar-refractivity contribution is 0.0654. The fraction of sp³-hybridized carbons (Fsp3) is 0.375. The number of rotatable bonds is 4. The number of aromatic hydroxyl groups is 1. The van der Waals surface area contributed by atoms with Gasteiger partial charge in [0.05, 0.1) is 17.9 Å². The molecule has 0 bridgehead atoms. The largest absolute Gasteiger partial charge is 0.507 e. The van der Waals surface area contributed by atoms with Gasteiger partial charge in [-0.25, -0.2) is 18.9 Å². The molecule has 3 aromatic heterocycles. The summed E-state index contributed by atoms with van der Waals surface area (Å²) < 4.78 is 16.7. The van der Waals surface area contributed by atoms with Crippen LogP contribution in [-0.2, 0) is 0 Å². The van der Waals surface area contributed by atoms with Gasteiger partial charge in [-0.05, 0) is 58.4 Å². The Bertz CT molecular complexity index is 1350. The Hall–Kier alpha value is -3.08. The van der Waals surface area contributed by atoms with Crippen molar-refractivity contribution in [3.8, 4) is 28.3 Å². The molecule has 0 saturated carbocycles. The Morgan fingerprint density at radius 2 is 1.83 bits per heavy atom. The summed E-state index contributed by atoms with van der Waals surface area (Å²) in [5, 5.41) is 29.9. The van der Waals surface area contributed by atoms with Crippen molar-refractivity contribution >= 4 is 36.4 Å². The zero-order valence-corrected chi connectivity index (χ0v) is 21.9. The Kier molecular flexibility index (Phi) is 7.73. The third kappa shape index (κ3) is 5.35. The average Bonchev–Trinajstić information content (AvgIpc) is 3.25. The minimum Gasteiger partial charge on any atom is -0.507 e. The first kappa shape index (κ1) is 27.5. The van der Waals surface area contributed by atoms with Crippen molar-refractivity contribution in [1.29, 1.82) is 0 Å². The monoisotopic (exact) mass is 534 g/mol. The zero-order valence-electron chi connectivity index (χ0n) is 20.3. The standard InChI is InChI=1S/C24H27FN8O.2ClH/c1-23(2)12-17(21(25)24(3,4)32-23)28-22-27-13-18(29-30-22)15-6-5-14(11-19(15)34)16-7-8-20-26-9-10-33(20)31-16;;/h5-11,13,17,21,32,34H,12H2,1-4H3,(H,27,28,30);2*1H/t17-,21-;;/m0../s1. The van der Waals surface area contributed by atoms with Crippen LogP contribution in [0.4, 0.5) is 10.3 Å². The second-order valence-electron chi connectivity index (χ2n) is 9.93. The topological polar surface area (TPSA) is 113 Å². The third-order valence-electron chi connectivity index (χ3n) is 6.13. The van der Waals surface area contributed by atoms with Crippen LogP contribution in [0.3, 0.4) is 0 Å². The van der Waals surface area contributed by atoms with Gasteiger partial charge in [0.1, 0.15) is 17.6 Å². The molecular formula is C24H29Cl2FN8O. The minimum absolute atomic E-state index is 0. The van der Waals surface area contributed by atoms with Crippen LogP contribution in [0.15, 0.2) is 48.9 Å². The van der Waals surface area contributed by atoms with Gasteiger partial charge in [-0.2, -0.15) is 5.10 Å². The number of nitrogens with one attached hydrogen (secondary N) is 2. The lowest BCUT2D eigenvalue weighted by Crippen LogP contribution is -2.67. The van der Waals surface area contributed by atoms with E-state index in [0.29, 0.717) is 23.4 Å². The Labute approximate surface area is 220 Å². The Morgan fingerprint density at radius 3 is 2.53 bits per heavy atom. The summed E-state index contributed by atoms with van der Waals surface area (Å²) in [6.45, 7) is 7.80. The number of aromatic nitrogens is 6. The summed E-state index contributed by atoms with van der Waals surface area (Å²) in [7, 11) is 0. The summed E-state index contributed by atoms with van der Waals surface area (Å²) in [4.78, 5) is 8.51. The maximum atomic E-state index is 15.1. The first-order valence-electron chi connectivity index (χ1n) is 11.2. The molecular weight excluding hydrogens is 506 g/mol. The van der Waals surface area contributed by atoms with Crippen LogP contribution in [0, 0.1) is 0 Å². The molecule has 12 heteroatoms. The molecule has 0 amide bonds. The summed E-state index contributed by atoms with van der Waals surface area (Å²) in [5.41, 5.74) is 2.18. The second kappa shape index (κ2) is 10.1. The van der Waals surface area contributed by atoms with Crippen LogP contribution in [0.25, 0.3) is 28.2 Å². The second-order valence-corrected chi connectivity index (χ2v) is 9.93. The number of fused-ring (bicyclic) bond motifs is 1. The number of nitrogens with zero attached hydrogens (tertiary/aromatic N) is 6. The molecule has 0 radical (unpaired) electrons. The van der Waals surface area contributed by atoms with E-state index in [1.165, 1.54) is 6.20 Å². The molecule has 192 valence electrons. The summed E-state index contributed by atoms with van der Waals surface area (Å²) in [6, 6.07) is 8.48. The predicted molar refractivity (Wildman–Crippen MR) is 142 cm³/mol. The molecule has 36 heavy (non-hydrogen) atoms. The summed E-state index contributed by atoms with van der Waals surface area (Å²) in [6.07, 6.45) is 4.41. The molecule has 0 aliphatic carbocycles. The molecule has 5 rings (SSSR count). The first-order chi connectivity index (χ1) is 16.1. The molecule has 4 heterocycles. The van der Waals surface area contributed by atoms with Crippen molar-refractivity contribution in [2.24, 2.45) is 0 Å². The Balaban J connectivity index is 0.00000180. The number of imidazole rings is 1. The third-order valence-corrected chi connectivity index (χ3v) is 6.13. The van der Waals surface area contributed by atoms with Crippen molar-refractivity contribution in [2.75, 3.05) is 5.32 Å². The molecule has 0 unspecified atom stereocenters. The van der Waals surface area contributed by atoms with Crippen LogP contribution >= 0.6 is 24.8 Å². The van der Waals surface area contributed by atoms with Gasteiger partial charge >= 0.3 is 0 Å². The molecule has 1 saturated heterocycles. The van der Waals surface area contributed by atoms with Gasteiger partial charge in [0.2, 0.25) is 5.95 Å². The van der Waals surface area contributed by atoms with Gasteiger partial charge in [0.15, 0.2) is 5.65 Å². The number of halogens is 3. The highest BCUT2D eigenvalue weighted by Gasteiger charge is 2.46. The lowest BCUT2D eigenvalue weighted by Gasteiger charge is -2.48. The van der Waals surface area contributed by atoms with Gasteiger partial charge in [0.25, 0.3) is 0 Å². The quantitative estimate of drug-likeness (QED) is 0.351. The number of phenols is 1.